The normalized spacial score (nSPS) is 19.1. The lowest BCUT2D eigenvalue weighted by Crippen LogP contribution is -2.42. The fourth-order valence-corrected chi connectivity index (χ4v) is 4.57. The molecule has 1 atom stereocenters. The van der Waals surface area contributed by atoms with Crippen LogP contribution in [0.3, 0.4) is 0 Å². The van der Waals surface area contributed by atoms with Crippen molar-refractivity contribution in [2.24, 2.45) is 0 Å². The fourth-order valence-electron chi connectivity index (χ4n) is 3.07. The third-order valence-electron chi connectivity index (χ3n) is 4.49. The number of hydrogen-bond donors (Lipinski definition) is 0. The summed E-state index contributed by atoms with van der Waals surface area (Å²) in [7, 11) is -3.54. The van der Waals surface area contributed by atoms with Gasteiger partial charge in [0, 0.05) is 31.2 Å². The molecule has 2 rings (SSSR count). The summed E-state index contributed by atoms with van der Waals surface area (Å²) in [4.78, 5) is 14.8. The van der Waals surface area contributed by atoms with Crippen molar-refractivity contribution in [3.63, 3.8) is 0 Å². The molecule has 0 aliphatic carbocycles. The Hall–Kier alpha value is -1.40. The number of benzene rings is 1. The SMILES string of the molecule is CCN(CC)S(=O)(=O)c1cccc(C(=O)N2CCCCC2C)c1. The van der Waals surface area contributed by atoms with Crippen LogP contribution in [0.15, 0.2) is 29.2 Å². The molecule has 23 heavy (non-hydrogen) atoms. The molecule has 1 aromatic carbocycles. The molecule has 0 radical (unpaired) electrons. The van der Waals surface area contributed by atoms with E-state index in [1.165, 1.54) is 10.4 Å². The van der Waals surface area contributed by atoms with Crippen molar-refractivity contribution >= 4 is 15.9 Å². The zero-order valence-corrected chi connectivity index (χ0v) is 15.0. The summed E-state index contributed by atoms with van der Waals surface area (Å²) in [6, 6.07) is 6.63. The van der Waals surface area contributed by atoms with Gasteiger partial charge in [0.25, 0.3) is 5.91 Å². The molecule has 0 aromatic heterocycles. The van der Waals surface area contributed by atoms with E-state index in [1.807, 2.05) is 25.7 Å². The minimum absolute atomic E-state index is 0.0752. The van der Waals surface area contributed by atoms with Crippen molar-refractivity contribution in [2.75, 3.05) is 19.6 Å². The molecule has 5 nitrogen and oxygen atoms in total. The van der Waals surface area contributed by atoms with Crippen LogP contribution in [0.25, 0.3) is 0 Å². The summed E-state index contributed by atoms with van der Waals surface area (Å²) >= 11 is 0. The minimum atomic E-state index is -3.54. The molecular weight excluding hydrogens is 312 g/mol. The molecule has 1 unspecified atom stereocenters. The van der Waals surface area contributed by atoms with E-state index < -0.39 is 10.0 Å². The lowest BCUT2D eigenvalue weighted by atomic mass is 10.0. The van der Waals surface area contributed by atoms with Gasteiger partial charge in [-0.15, -0.1) is 0 Å². The number of rotatable bonds is 5. The molecule has 1 amide bonds. The number of likely N-dealkylation sites (tertiary alicyclic amines) is 1. The Kier molecular flexibility index (Phi) is 5.81. The number of piperidine rings is 1. The average molecular weight is 338 g/mol. The lowest BCUT2D eigenvalue weighted by molar-refractivity contribution is 0.0635. The molecule has 1 aliphatic heterocycles. The molecule has 128 valence electrons. The molecule has 0 spiro atoms. The number of sulfonamides is 1. The predicted molar refractivity (Wildman–Crippen MR) is 90.9 cm³/mol. The third-order valence-corrected chi connectivity index (χ3v) is 6.53. The smallest absolute Gasteiger partial charge is 0.254 e. The van der Waals surface area contributed by atoms with Crippen LogP contribution in [-0.4, -0.2) is 49.2 Å². The van der Waals surface area contributed by atoms with E-state index in [0.29, 0.717) is 18.7 Å². The van der Waals surface area contributed by atoms with Gasteiger partial charge < -0.3 is 4.90 Å². The van der Waals surface area contributed by atoms with Crippen molar-refractivity contribution in [2.45, 2.75) is 51.0 Å². The van der Waals surface area contributed by atoms with Crippen LogP contribution < -0.4 is 0 Å². The van der Waals surface area contributed by atoms with Gasteiger partial charge in [0.1, 0.15) is 0 Å². The number of carbonyl (C=O) groups excluding carboxylic acids is 1. The summed E-state index contributed by atoms with van der Waals surface area (Å²) < 4.78 is 26.6. The van der Waals surface area contributed by atoms with Crippen molar-refractivity contribution in [3.05, 3.63) is 29.8 Å². The maximum Gasteiger partial charge on any atom is 0.254 e. The van der Waals surface area contributed by atoms with Gasteiger partial charge in [0.05, 0.1) is 4.90 Å². The van der Waals surface area contributed by atoms with Crippen molar-refractivity contribution in [1.82, 2.24) is 9.21 Å². The first-order valence-corrected chi connectivity index (χ1v) is 9.77. The quantitative estimate of drug-likeness (QED) is 0.829. The number of nitrogens with zero attached hydrogens (tertiary/aromatic N) is 2. The second kappa shape index (κ2) is 7.45. The summed E-state index contributed by atoms with van der Waals surface area (Å²) in [5, 5.41) is 0. The van der Waals surface area contributed by atoms with E-state index in [0.717, 1.165) is 25.8 Å². The van der Waals surface area contributed by atoms with Crippen LogP contribution in [0.4, 0.5) is 0 Å². The molecule has 1 heterocycles. The van der Waals surface area contributed by atoms with Gasteiger partial charge in [-0.3, -0.25) is 4.79 Å². The van der Waals surface area contributed by atoms with Gasteiger partial charge in [-0.25, -0.2) is 8.42 Å². The van der Waals surface area contributed by atoms with Gasteiger partial charge >= 0.3 is 0 Å². The van der Waals surface area contributed by atoms with Gasteiger partial charge in [-0.2, -0.15) is 4.31 Å². The molecule has 6 heteroatoms. The van der Waals surface area contributed by atoms with Crippen LogP contribution in [0.5, 0.6) is 0 Å². The number of hydrogen-bond acceptors (Lipinski definition) is 3. The average Bonchev–Trinajstić information content (AvgIpc) is 2.55. The van der Waals surface area contributed by atoms with Crippen LogP contribution in [0, 0.1) is 0 Å². The monoisotopic (exact) mass is 338 g/mol. The van der Waals surface area contributed by atoms with E-state index in [2.05, 4.69) is 0 Å². The largest absolute Gasteiger partial charge is 0.336 e. The van der Waals surface area contributed by atoms with Crippen LogP contribution in [0.2, 0.25) is 0 Å². The molecule has 1 aromatic rings. The van der Waals surface area contributed by atoms with Crippen molar-refractivity contribution < 1.29 is 13.2 Å². The summed E-state index contributed by atoms with van der Waals surface area (Å²) in [5.41, 5.74) is 0.451. The van der Waals surface area contributed by atoms with Gasteiger partial charge in [-0.1, -0.05) is 19.9 Å². The van der Waals surface area contributed by atoms with Crippen molar-refractivity contribution in [1.29, 1.82) is 0 Å². The highest BCUT2D eigenvalue weighted by molar-refractivity contribution is 7.89. The highest BCUT2D eigenvalue weighted by Gasteiger charge is 2.26. The Morgan fingerprint density at radius 1 is 1.26 bits per heavy atom. The fraction of sp³-hybridized carbons (Fsp3) is 0.588. The standard InChI is InChI=1S/C17H26N2O3S/c1-4-18(5-2)23(21,22)16-11-8-10-15(13-16)17(20)19-12-7-6-9-14(19)3/h8,10-11,13-14H,4-7,9,12H2,1-3H3. The highest BCUT2D eigenvalue weighted by atomic mass is 32.2. The summed E-state index contributed by atoms with van der Waals surface area (Å²) in [6.45, 7) is 7.25. The van der Waals surface area contributed by atoms with E-state index in [9.17, 15) is 13.2 Å². The Labute approximate surface area is 139 Å². The second-order valence-corrected chi connectivity index (χ2v) is 7.90. The van der Waals surface area contributed by atoms with Crippen LogP contribution in [-0.2, 0) is 10.0 Å². The van der Waals surface area contributed by atoms with Gasteiger partial charge in [0.2, 0.25) is 10.0 Å². The second-order valence-electron chi connectivity index (χ2n) is 5.96. The minimum Gasteiger partial charge on any atom is -0.336 e. The summed E-state index contributed by atoms with van der Waals surface area (Å²) in [6.07, 6.45) is 3.15. The highest BCUT2D eigenvalue weighted by Crippen LogP contribution is 2.22. The van der Waals surface area contributed by atoms with Gasteiger partial charge in [-0.05, 0) is 44.4 Å². The van der Waals surface area contributed by atoms with E-state index >= 15 is 0 Å². The zero-order chi connectivity index (χ0) is 17.0. The molecule has 1 saturated heterocycles. The number of amides is 1. The first-order chi connectivity index (χ1) is 10.9. The molecule has 0 saturated carbocycles. The van der Waals surface area contributed by atoms with Crippen LogP contribution >= 0.6 is 0 Å². The Balaban J connectivity index is 2.31. The Bertz CT molecular complexity index is 654. The Morgan fingerprint density at radius 2 is 1.96 bits per heavy atom. The zero-order valence-electron chi connectivity index (χ0n) is 14.2. The third kappa shape index (κ3) is 3.75. The molecule has 1 aliphatic rings. The van der Waals surface area contributed by atoms with Crippen LogP contribution in [0.1, 0.15) is 50.4 Å². The molecule has 1 fully saturated rings. The number of carbonyl (C=O) groups is 1. The van der Waals surface area contributed by atoms with Crippen molar-refractivity contribution in [3.8, 4) is 0 Å². The lowest BCUT2D eigenvalue weighted by Gasteiger charge is -2.33. The maximum absolute atomic E-state index is 12.7. The molecule has 0 bridgehead atoms. The van der Waals surface area contributed by atoms with Gasteiger partial charge in [0.15, 0.2) is 0 Å². The van der Waals surface area contributed by atoms with E-state index in [4.69, 9.17) is 0 Å². The molecular formula is C17H26N2O3S. The predicted octanol–water partition coefficient (Wildman–Crippen LogP) is 2.73. The van der Waals surface area contributed by atoms with E-state index in [1.54, 1.807) is 18.2 Å². The molecule has 0 N–H and O–H groups in total. The topological polar surface area (TPSA) is 57.7 Å². The Morgan fingerprint density at radius 3 is 2.57 bits per heavy atom. The van der Waals surface area contributed by atoms with E-state index in [-0.39, 0.29) is 16.8 Å². The maximum atomic E-state index is 12.7. The first kappa shape index (κ1) is 17.9. The summed E-state index contributed by atoms with van der Waals surface area (Å²) in [5.74, 6) is -0.0752. The first-order valence-electron chi connectivity index (χ1n) is 8.33.